The molecule has 0 spiro atoms. The molecule has 3 rings (SSSR count). The number of cyclic esters (lactones) is 1. The molecule has 292 valence electrons. The first-order valence-corrected chi connectivity index (χ1v) is 18.6. The number of hydrogen-bond donors (Lipinski definition) is 4. The van der Waals surface area contributed by atoms with E-state index in [2.05, 4.69) is 10.6 Å². The Bertz CT molecular complexity index is 1100. The quantitative estimate of drug-likeness (QED) is 0.272. The maximum Gasteiger partial charge on any atom is 0.311 e. The second-order valence-electron chi connectivity index (χ2n) is 15.7. The van der Waals surface area contributed by atoms with Gasteiger partial charge in [-0.15, -0.1) is 0 Å². The molecule has 50 heavy (non-hydrogen) atoms. The lowest BCUT2D eigenvalue weighted by atomic mass is 9.76. The number of carbonyl (C=O) groups is 2. The van der Waals surface area contributed by atoms with Gasteiger partial charge in [-0.25, -0.2) is 0 Å². The van der Waals surface area contributed by atoms with Crippen LogP contribution in [0.5, 0.6) is 0 Å². The zero-order chi connectivity index (χ0) is 37.7. The summed E-state index contributed by atoms with van der Waals surface area (Å²) in [5.41, 5.74) is -2.07. The number of rotatable bonds is 8. The van der Waals surface area contributed by atoms with Crippen LogP contribution >= 0.6 is 0 Å². The van der Waals surface area contributed by atoms with Crippen molar-refractivity contribution in [3.05, 3.63) is 0 Å². The largest absolute Gasteiger partial charge is 0.460 e. The van der Waals surface area contributed by atoms with Gasteiger partial charge in [0, 0.05) is 57.0 Å². The van der Waals surface area contributed by atoms with Crippen molar-refractivity contribution >= 4 is 11.8 Å². The average Bonchev–Trinajstić information content (AvgIpc) is 3.08. The van der Waals surface area contributed by atoms with Crippen molar-refractivity contribution in [1.29, 1.82) is 0 Å². The average molecular weight is 717 g/mol. The van der Waals surface area contributed by atoms with E-state index in [0.717, 1.165) is 0 Å². The maximum atomic E-state index is 14.1. The monoisotopic (exact) mass is 716 g/mol. The fraction of sp³-hybridized carbons (Fsp3) is 0.946. The molecule has 0 aromatic carbocycles. The Morgan fingerprint density at radius 1 is 0.920 bits per heavy atom. The molecular weight excluding hydrogens is 648 g/mol. The molecule has 0 radical (unpaired) electrons. The number of aliphatic hydroxyl groups is 2. The Morgan fingerprint density at radius 3 is 2.14 bits per heavy atom. The second-order valence-corrected chi connectivity index (χ2v) is 15.7. The van der Waals surface area contributed by atoms with Gasteiger partial charge in [0.15, 0.2) is 12.6 Å². The normalized spacial score (nSPS) is 47.6. The van der Waals surface area contributed by atoms with Crippen molar-refractivity contribution in [3.8, 4) is 0 Å². The first kappa shape index (κ1) is 43.1. The second kappa shape index (κ2) is 18.2. The number of Topliss-reactive ketones (excluding diaryl/α,β-unsaturated/α-hetero) is 1. The lowest BCUT2D eigenvalue weighted by Crippen LogP contribution is -2.60. The van der Waals surface area contributed by atoms with Crippen LogP contribution < -0.4 is 10.6 Å². The predicted octanol–water partition coefficient (Wildman–Crippen LogP) is 2.96. The Balaban J connectivity index is 2.17. The van der Waals surface area contributed by atoms with Crippen molar-refractivity contribution in [1.82, 2.24) is 10.6 Å². The van der Waals surface area contributed by atoms with E-state index in [4.69, 9.17) is 33.2 Å². The minimum atomic E-state index is -1.11. The van der Waals surface area contributed by atoms with Gasteiger partial charge >= 0.3 is 5.97 Å². The lowest BCUT2D eigenvalue weighted by molar-refractivity contribution is -0.317. The Hall–Kier alpha value is -1.26. The highest BCUT2D eigenvalue weighted by Crippen LogP contribution is 2.40. The van der Waals surface area contributed by atoms with E-state index >= 15 is 0 Å². The van der Waals surface area contributed by atoms with Crippen molar-refractivity contribution in [2.24, 2.45) is 23.7 Å². The van der Waals surface area contributed by atoms with E-state index in [0.29, 0.717) is 25.8 Å². The summed E-state index contributed by atoms with van der Waals surface area (Å²) in [7, 11) is 4.90. The fourth-order valence-corrected chi connectivity index (χ4v) is 8.09. The molecule has 4 N–H and O–H groups in total. The van der Waals surface area contributed by atoms with Gasteiger partial charge in [0.1, 0.15) is 24.1 Å². The number of aliphatic hydroxyl groups excluding tert-OH is 2. The molecule has 13 heteroatoms. The lowest BCUT2D eigenvalue weighted by Gasteiger charge is -2.49. The van der Waals surface area contributed by atoms with Crippen LogP contribution in [0.2, 0.25) is 0 Å². The summed E-state index contributed by atoms with van der Waals surface area (Å²) in [6.07, 6.45) is -5.19. The van der Waals surface area contributed by atoms with E-state index < -0.39 is 84.1 Å². The summed E-state index contributed by atoms with van der Waals surface area (Å²) in [6, 6.07) is -0.490. The van der Waals surface area contributed by atoms with Gasteiger partial charge < -0.3 is 54.0 Å². The third-order valence-electron chi connectivity index (χ3n) is 11.7. The number of likely N-dealkylation sites (N-methyl/N-ethyl adjacent to an activating group) is 1. The Labute approximate surface area is 300 Å². The van der Waals surface area contributed by atoms with Crippen molar-refractivity contribution in [2.75, 3.05) is 27.8 Å². The maximum absolute atomic E-state index is 14.1. The highest BCUT2D eigenvalue weighted by molar-refractivity contribution is 5.83. The van der Waals surface area contributed by atoms with Gasteiger partial charge in [-0.05, 0) is 67.9 Å². The number of carbonyl (C=O) groups excluding carboxylic acids is 2. The number of nitrogens with one attached hydrogen (secondary N) is 2. The van der Waals surface area contributed by atoms with Gasteiger partial charge in [-0.1, -0.05) is 27.7 Å². The third-order valence-corrected chi connectivity index (χ3v) is 11.7. The van der Waals surface area contributed by atoms with Crippen LogP contribution in [-0.4, -0.2) is 128 Å². The molecule has 0 aromatic rings. The van der Waals surface area contributed by atoms with Crippen LogP contribution in [-0.2, 0) is 42.7 Å². The molecule has 0 bridgehead atoms. The highest BCUT2D eigenvalue weighted by atomic mass is 16.7. The van der Waals surface area contributed by atoms with E-state index in [1.165, 1.54) is 7.11 Å². The van der Waals surface area contributed by atoms with Crippen molar-refractivity contribution in [2.45, 2.75) is 174 Å². The summed E-state index contributed by atoms with van der Waals surface area (Å²) >= 11 is 0. The van der Waals surface area contributed by atoms with Crippen LogP contribution in [0.1, 0.15) is 94.9 Å². The van der Waals surface area contributed by atoms with E-state index in [9.17, 15) is 19.8 Å². The van der Waals surface area contributed by atoms with Gasteiger partial charge in [-0.2, -0.15) is 0 Å². The summed E-state index contributed by atoms with van der Waals surface area (Å²) in [5, 5.41) is 28.9. The van der Waals surface area contributed by atoms with Crippen LogP contribution in [0.4, 0.5) is 0 Å². The zero-order valence-electron chi connectivity index (χ0n) is 32.8. The molecular formula is C37H68N2O11. The highest BCUT2D eigenvalue weighted by Gasteiger charge is 2.52. The zero-order valence-corrected chi connectivity index (χ0v) is 32.8. The summed E-state index contributed by atoms with van der Waals surface area (Å²) in [6.45, 7) is 19.2. The molecule has 0 amide bonds. The fourth-order valence-electron chi connectivity index (χ4n) is 8.09. The predicted molar refractivity (Wildman–Crippen MR) is 187 cm³/mol. The van der Waals surface area contributed by atoms with Gasteiger partial charge in [0.25, 0.3) is 0 Å². The molecule has 0 aliphatic carbocycles. The SMILES string of the molecule is CCC1OC(=O)[C@H](C)C(O[C@H]2C[C@@](C)(OC)[C@@H](O)[C@H](C)O2)[C@H](C)[C@@H](O[C@@H]2O[C@H](C)C[C@H](NC)[C@H]2O)[C@@](C)(OC)C[C@@H](C)C(=O)C(C)CNC1C. The molecule has 0 saturated carbocycles. The van der Waals surface area contributed by atoms with Crippen molar-refractivity contribution in [3.63, 3.8) is 0 Å². The topological polar surface area (TPSA) is 163 Å². The minimum Gasteiger partial charge on any atom is -0.460 e. The van der Waals surface area contributed by atoms with E-state index in [1.54, 1.807) is 34.9 Å². The van der Waals surface area contributed by atoms with Crippen LogP contribution in [0.3, 0.4) is 0 Å². The number of hydrogen-bond acceptors (Lipinski definition) is 13. The Morgan fingerprint density at radius 2 is 1.56 bits per heavy atom. The summed E-state index contributed by atoms with van der Waals surface area (Å²) < 4.78 is 44.2. The van der Waals surface area contributed by atoms with Gasteiger partial charge in [0.05, 0.1) is 41.5 Å². The first-order valence-electron chi connectivity index (χ1n) is 18.6. The molecule has 4 unspecified atom stereocenters. The molecule has 17 atom stereocenters. The molecule has 13 nitrogen and oxygen atoms in total. The van der Waals surface area contributed by atoms with Crippen LogP contribution in [0.15, 0.2) is 0 Å². The summed E-state index contributed by atoms with van der Waals surface area (Å²) in [4.78, 5) is 27.9. The van der Waals surface area contributed by atoms with E-state index in [1.807, 2.05) is 48.5 Å². The van der Waals surface area contributed by atoms with E-state index in [-0.39, 0.29) is 36.3 Å². The number of esters is 1. The molecule has 3 fully saturated rings. The molecule has 3 heterocycles. The van der Waals surface area contributed by atoms with Crippen LogP contribution in [0, 0.1) is 23.7 Å². The number of ketones is 1. The Kier molecular flexibility index (Phi) is 15.7. The summed E-state index contributed by atoms with van der Waals surface area (Å²) in [5.74, 6) is -2.54. The molecule has 0 aromatic heterocycles. The smallest absolute Gasteiger partial charge is 0.311 e. The third kappa shape index (κ3) is 9.83. The standard InChI is InChI=1S/C37H68N2O11/c1-14-27-24(7)39-18-20(3)29(40)19(2)16-37(10,45-13)33(50-35-30(41)26(38-11)15-21(4)46-35)22(5)31(23(6)34(43)48-27)49-28-17-36(9,44-12)32(42)25(8)47-28/h19-28,30-33,35,38-39,41-42H,14-18H2,1-13H3/t19-,20?,21-,22+,23-,24?,25+,26+,27?,28+,30-,31?,32+,33-,35+,36-,37+/m1/s1. The van der Waals surface area contributed by atoms with Gasteiger partial charge in [0.2, 0.25) is 0 Å². The van der Waals surface area contributed by atoms with Crippen LogP contribution in [0.25, 0.3) is 0 Å². The first-order chi connectivity index (χ1) is 23.4. The molecule has 3 saturated heterocycles. The number of ether oxygens (including phenoxy) is 7. The molecule has 3 aliphatic heterocycles. The number of methoxy groups -OCH3 is 2. The van der Waals surface area contributed by atoms with Gasteiger partial charge in [-0.3, -0.25) is 9.59 Å². The minimum absolute atomic E-state index is 0.0697. The molecule has 3 aliphatic rings. The van der Waals surface area contributed by atoms with Crippen molar-refractivity contribution < 1.29 is 53.0 Å².